The van der Waals surface area contributed by atoms with Gasteiger partial charge in [-0.2, -0.15) is 0 Å². The van der Waals surface area contributed by atoms with E-state index in [1.165, 1.54) is 11.3 Å². The molecule has 1 aromatic rings. The van der Waals surface area contributed by atoms with Crippen LogP contribution < -0.4 is 5.32 Å². The fourth-order valence-corrected chi connectivity index (χ4v) is 2.19. The molecular formula is C6H11N3OS2. The lowest BCUT2D eigenvalue weighted by Gasteiger charge is -2.09. The molecule has 0 amide bonds. The van der Waals surface area contributed by atoms with E-state index in [1.807, 2.05) is 6.92 Å². The molecule has 12 heavy (non-hydrogen) atoms. The predicted molar refractivity (Wildman–Crippen MR) is 51.9 cm³/mol. The number of aromatic nitrogens is 2. The summed E-state index contributed by atoms with van der Waals surface area (Å²) in [4.78, 5) is 0. The van der Waals surface area contributed by atoms with E-state index in [2.05, 4.69) is 15.5 Å². The zero-order valence-electron chi connectivity index (χ0n) is 6.98. The second-order valence-corrected chi connectivity index (χ2v) is 4.84. The molecule has 2 unspecified atom stereocenters. The first kappa shape index (κ1) is 9.60. The van der Waals surface area contributed by atoms with E-state index < -0.39 is 10.8 Å². The molecule has 1 aromatic heterocycles. The Kier molecular flexibility index (Phi) is 3.61. The van der Waals surface area contributed by atoms with Gasteiger partial charge in [0.05, 0.1) is 0 Å². The molecular weight excluding hydrogens is 194 g/mol. The van der Waals surface area contributed by atoms with Crippen molar-refractivity contribution in [1.29, 1.82) is 0 Å². The van der Waals surface area contributed by atoms with E-state index in [-0.39, 0.29) is 6.04 Å². The van der Waals surface area contributed by atoms with Gasteiger partial charge in [0.1, 0.15) is 5.51 Å². The minimum Gasteiger partial charge on any atom is -0.357 e. The van der Waals surface area contributed by atoms with Gasteiger partial charge >= 0.3 is 0 Å². The van der Waals surface area contributed by atoms with Crippen molar-refractivity contribution in [3.63, 3.8) is 0 Å². The van der Waals surface area contributed by atoms with Crippen molar-refractivity contribution in [2.24, 2.45) is 0 Å². The highest BCUT2D eigenvalue weighted by Gasteiger charge is 2.05. The molecule has 2 atom stereocenters. The van der Waals surface area contributed by atoms with E-state index in [4.69, 9.17) is 0 Å². The van der Waals surface area contributed by atoms with Crippen molar-refractivity contribution in [3.05, 3.63) is 5.51 Å². The first-order valence-corrected chi connectivity index (χ1v) is 6.12. The quantitative estimate of drug-likeness (QED) is 0.787. The molecule has 0 saturated carbocycles. The molecule has 0 aliphatic carbocycles. The van der Waals surface area contributed by atoms with Crippen LogP contribution in [0.4, 0.5) is 5.13 Å². The average Bonchev–Trinajstić information content (AvgIpc) is 2.37. The van der Waals surface area contributed by atoms with Crippen LogP contribution in [0.2, 0.25) is 0 Å². The van der Waals surface area contributed by atoms with E-state index in [1.54, 1.807) is 11.8 Å². The van der Waals surface area contributed by atoms with E-state index >= 15 is 0 Å². The van der Waals surface area contributed by atoms with Crippen LogP contribution in [0.1, 0.15) is 6.92 Å². The second kappa shape index (κ2) is 4.51. The van der Waals surface area contributed by atoms with Gasteiger partial charge in [-0.25, -0.2) is 0 Å². The fraction of sp³-hybridized carbons (Fsp3) is 0.667. The average molecular weight is 205 g/mol. The topological polar surface area (TPSA) is 54.9 Å². The second-order valence-electron chi connectivity index (χ2n) is 2.53. The number of anilines is 1. The Morgan fingerprint density at radius 1 is 1.83 bits per heavy atom. The lowest BCUT2D eigenvalue weighted by atomic mass is 10.4. The minimum absolute atomic E-state index is 0.184. The number of hydrogen-bond donors (Lipinski definition) is 1. The predicted octanol–water partition coefficient (Wildman–Crippen LogP) is 0.717. The van der Waals surface area contributed by atoms with Crippen LogP contribution in [0.5, 0.6) is 0 Å². The van der Waals surface area contributed by atoms with Gasteiger partial charge in [0, 0.05) is 28.9 Å². The monoisotopic (exact) mass is 205 g/mol. The molecule has 6 heteroatoms. The van der Waals surface area contributed by atoms with Gasteiger partial charge in [0.25, 0.3) is 0 Å². The molecule has 68 valence electrons. The molecule has 0 saturated heterocycles. The van der Waals surface area contributed by atoms with Crippen LogP contribution in [0.3, 0.4) is 0 Å². The van der Waals surface area contributed by atoms with Crippen LogP contribution in [-0.4, -0.2) is 32.5 Å². The number of rotatable bonds is 4. The molecule has 1 heterocycles. The molecule has 0 aromatic carbocycles. The molecule has 0 aliphatic heterocycles. The number of nitrogens with one attached hydrogen (secondary N) is 1. The Labute approximate surface area is 77.9 Å². The lowest BCUT2D eigenvalue weighted by molar-refractivity contribution is 0.683. The van der Waals surface area contributed by atoms with Gasteiger partial charge in [0.2, 0.25) is 5.13 Å². The Morgan fingerprint density at radius 3 is 3.08 bits per heavy atom. The summed E-state index contributed by atoms with van der Waals surface area (Å²) in [5, 5.41) is 11.4. The first-order valence-electron chi connectivity index (χ1n) is 3.51. The van der Waals surface area contributed by atoms with Gasteiger partial charge in [-0.3, -0.25) is 4.21 Å². The molecule has 0 bridgehead atoms. The van der Waals surface area contributed by atoms with Gasteiger partial charge in [-0.15, -0.1) is 10.2 Å². The SMILES string of the molecule is CC(CS(C)=O)Nc1nncs1. The van der Waals surface area contributed by atoms with Crippen LogP contribution in [0.25, 0.3) is 0 Å². The Morgan fingerprint density at radius 2 is 2.58 bits per heavy atom. The van der Waals surface area contributed by atoms with Crippen molar-refractivity contribution in [3.8, 4) is 0 Å². The summed E-state index contributed by atoms with van der Waals surface area (Å²) in [5.41, 5.74) is 1.66. The third-order valence-electron chi connectivity index (χ3n) is 1.21. The Balaban J connectivity index is 2.36. The van der Waals surface area contributed by atoms with Gasteiger partial charge in [-0.05, 0) is 6.92 Å². The zero-order valence-corrected chi connectivity index (χ0v) is 8.61. The van der Waals surface area contributed by atoms with Gasteiger partial charge < -0.3 is 5.32 Å². The van der Waals surface area contributed by atoms with Gasteiger partial charge in [0.15, 0.2) is 0 Å². The molecule has 1 N–H and O–H groups in total. The van der Waals surface area contributed by atoms with Crippen molar-refractivity contribution < 1.29 is 4.21 Å². The summed E-state index contributed by atoms with van der Waals surface area (Å²) in [6.45, 7) is 1.98. The van der Waals surface area contributed by atoms with Crippen LogP contribution in [-0.2, 0) is 10.8 Å². The van der Waals surface area contributed by atoms with Crippen molar-refractivity contribution in [1.82, 2.24) is 10.2 Å². The highest BCUT2D eigenvalue weighted by molar-refractivity contribution is 7.84. The fourth-order valence-electron chi connectivity index (χ4n) is 0.840. The van der Waals surface area contributed by atoms with E-state index in [0.29, 0.717) is 5.75 Å². The zero-order chi connectivity index (χ0) is 8.97. The summed E-state index contributed by atoms with van der Waals surface area (Å²) in [7, 11) is -0.763. The van der Waals surface area contributed by atoms with E-state index in [9.17, 15) is 4.21 Å². The van der Waals surface area contributed by atoms with Crippen molar-refractivity contribution in [2.45, 2.75) is 13.0 Å². The molecule has 0 radical (unpaired) electrons. The molecule has 0 fully saturated rings. The normalized spacial score (nSPS) is 15.5. The third-order valence-corrected chi connectivity index (χ3v) is 2.81. The summed E-state index contributed by atoms with van der Waals surface area (Å²) in [6, 6.07) is 0.184. The molecule has 0 spiro atoms. The van der Waals surface area contributed by atoms with Gasteiger partial charge in [-0.1, -0.05) is 11.3 Å². The molecule has 4 nitrogen and oxygen atoms in total. The smallest absolute Gasteiger partial charge is 0.205 e. The molecule has 1 rings (SSSR count). The Bertz CT molecular complexity index is 249. The van der Waals surface area contributed by atoms with Crippen LogP contribution >= 0.6 is 11.3 Å². The standard InChI is InChI=1S/C6H11N3OS2/c1-5(3-12(2)10)8-6-9-7-4-11-6/h4-5H,3H2,1-2H3,(H,8,9). The number of nitrogens with zero attached hydrogens (tertiary/aromatic N) is 2. The summed E-state index contributed by atoms with van der Waals surface area (Å²) >= 11 is 1.45. The maximum absolute atomic E-state index is 10.8. The summed E-state index contributed by atoms with van der Waals surface area (Å²) < 4.78 is 10.8. The Hall–Kier alpha value is -0.490. The van der Waals surface area contributed by atoms with Crippen LogP contribution in [0.15, 0.2) is 5.51 Å². The maximum Gasteiger partial charge on any atom is 0.205 e. The van der Waals surface area contributed by atoms with Crippen LogP contribution in [0, 0.1) is 0 Å². The molecule has 0 aliphatic rings. The first-order chi connectivity index (χ1) is 5.68. The summed E-state index contributed by atoms with van der Waals surface area (Å²) in [5.74, 6) is 0.638. The minimum atomic E-state index is -0.763. The van der Waals surface area contributed by atoms with Crippen molar-refractivity contribution >= 4 is 27.3 Å². The third kappa shape index (κ3) is 3.27. The van der Waals surface area contributed by atoms with E-state index in [0.717, 1.165) is 5.13 Å². The lowest BCUT2D eigenvalue weighted by Crippen LogP contribution is -2.22. The van der Waals surface area contributed by atoms with Crippen molar-refractivity contribution in [2.75, 3.05) is 17.3 Å². The maximum atomic E-state index is 10.8. The summed E-state index contributed by atoms with van der Waals surface area (Å²) in [6.07, 6.45) is 1.69. The highest BCUT2D eigenvalue weighted by atomic mass is 32.2. The number of hydrogen-bond acceptors (Lipinski definition) is 5. The largest absolute Gasteiger partial charge is 0.357 e. The highest BCUT2D eigenvalue weighted by Crippen LogP contribution is 2.09.